The van der Waals surface area contributed by atoms with Gasteiger partial charge in [-0.05, 0) is 22.6 Å². The van der Waals surface area contributed by atoms with Gasteiger partial charge >= 0.3 is 0 Å². The molecule has 0 N–H and O–H groups in total. The second kappa shape index (κ2) is 8.42. The van der Waals surface area contributed by atoms with Crippen molar-refractivity contribution in [3.63, 3.8) is 0 Å². The summed E-state index contributed by atoms with van der Waals surface area (Å²) in [6.07, 6.45) is -0.372. The van der Waals surface area contributed by atoms with Gasteiger partial charge in [0.15, 0.2) is 6.29 Å². The minimum absolute atomic E-state index is 0.372. The number of rotatable bonds is 6. The topological polar surface area (TPSA) is 62.1 Å². The molecule has 2 aromatic rings. The molecule has 0 amide bonds. The first kappa shape index (κ1) is 15.5. The molecule has 0 bridgehead atoms. The highest BCUT2D eigenvalue weighted by Gasteiger charge is 2.12. The number of tetrazole rings is 1. The Balaban J connectivity index is 1.90. The van der Waals surface area contributed by atoms with Crippen LogP contribution in [0.5, 0.6) is 0 Å². The molecular formula is C14H16N4O2S. The van der Waals surface area contributed by atoms with Gasteiger partial charge in [-0.1, -0.05) is 41.8 Å². The van der Waals surface area contributed by atoms with Crippen LogP contribution in [0.1, 0.15) is 5.56 Å². The van der Waals surface area contributed by atoms with E-state index in [1.54, 1.807) is 18.9 Å². The Morgan fingerprint density at radius 2 is 2.00 bits per heavy atom. The quantitative estimate of drug-likeness (QED) is 0.457. The van der Waals surface area contributed by atoms with Crippen LogP contribution in [0.2, 0.25) is 0 Å². The fraction of sp³-hybridized carbons (Fsp3) is 0.357. The zero-order valence-electron chi connectivity index (χ0n) is 11.9. The van der Waals surface area contributed by atoms with Gasteiger partial charge in [0, 0.05) is 19.8 Å². The molecule has 0 aliphatic rings. The van der Waals surface area contributed by atoms with E-state index in [0.717, 1.165) is 5.56 Å². The van der Waals surface area contributed by atoms with Crippen LogP contribution in [0.25, 0.3) is 0 Å². The molecule has 0 unspecified atom stereocenters. The average Bonchev–Trinajstić information content (AvgIpc) is 2.97. The van der Waals surface area contributed by atoms with E-state index < -0.39 is 0 Å². The lowest BCUT2D eigenvalue weighted by molar-refractivity contribution is -0.113. The normalized spacial score (nSPS) is 10.4. The van der Waals surface area contributed by atoms with Gasteiger partial charge in [0.25, 0.3) is 0 Å². The van der Waals surface area contributed by atoms with Crippen LogP contribution < -0.4 is 0 Å². The van der Waals surface area contributed by atoms with E-state index in [4.69, 9.17) is 9.47 Å². The highest BCUT2D eigenvalue weighted by molar-refractivity contribution is 7.99. The third-order valence-corrected chi connectivity index (χ3v) is 3.47. The first-order chi connectivity index (χ1) is 10.3. The monoisotopic (exact) mass is 304 g/mol. The molecule has 110 valence electrons. The largest absolute Gasteiger partial charge is 0.354 e. The molecule has 0 saturated heterocycles. The molecule has 6 nitrogen and oxygen atoms in total. The van der Waals surface area contributed by atoms with Gasteiger partial charge in [0.05, 0.1) is 12.3 Å². The van der Waals surface area contributed by atoms with E-state index in [9.17, 15) is 0 Å². The Bertz CT molecular complexity index is 602. The molecule has 0 atom stereocenters. The SMILES string of the molecule is COC(Cn1nnnc1SCC#Cc1ccccc1)OC. The van der Waals surface area contributed by atoms with E-state index in [0.29, 0.717) is 17.5 Å². The fourth-order valence-corrected chi connectivity index (χ4v) is 2.19. The van der Waals surface area contributed by atoms with E-state index in [-0.39, 0.29) is 6.29 Å². The predicted octanol–water partition coefficient (Wildman–Crippen LogP) is 1.44. The fourth-order valence-electron chi connectivity index (χ4n) is 1.56. The molecule has 0 radical (unpaired) electrons. The zero-order valence-corrected chi connectivity index (χ0v) is 12.7. The van der Waals surface area contributed by atoms with Crippen molar-refractivity contribution in [3.05, 3.63) is 35.9 Å². The van der Waals surface area contributed by atoms with Gasteiger partial charge in [0.1, 0.15) is 0 Å². The molecule has 2 rings (SSSR count). The Labute approximate surface area is 127 Å². The van der Waals surface area contributed by atoms with Crippen LogP contribution in [-0.4, -0.2) is 46.5 Å². The van der Waals surface area contributed by atoms with Crippen LogP contribution in [0.15, 0.2) is 35.5 Å². The molecule has 0 spiro atoms. The van der Waals surface area contributed by atoms with Crippen LogP contribution in [0, 0.1) is 11.8 Å². The van der Waals surface area contributed by atoms with Crippen LogP contribution in [0.4, 0.5) is 0 Å². The Morgan fingerprint density at radius 1 is 1.24 bits per heavy atom. The number of hydrogen-bond donors (Lipinski definition) is 0. The van der Waals surface area contributed by atoms with Crippen molar-refractivity contribution in [2.75, 3.05) is 20.0 Å². The Kier molecular flexibility index (Phi) is 6.22. The van der Waals surface area contributed by atoms with Crippen molar-refractivity contribution >= 4 is 11.8 Å². The minimum atomic E-state index is -0.372. The first-order valence-electron chi connectivity index (χ1n) is 6.32. The third kappa shape index (κ3) is 4.86. The van der Waals surface area contributed by atoms with Gasteiger partial charge in [-0.2, -0.15) is 0 Å². The lowest BCUT2D eigenvalue weighted by atomic mass is 10.2. The van der Waals surface area contributed by atoms with Crippen molar-refractivity contribution in [3.8, 4) is 11.8 Å². The number of aromatic nitrogens is 4. The summed E-state index contributed by atoms with van der Waals surface area (Å²) in [4.78, 5) is 0. The van der Waals surface area contributed by atoms with Crippen molar-refractivity contribution in [1.82, 2.24) is 20.2 Å². The minimum Gasteiger partial charge on any atom is -0.354 e. The highest BCUT2D eigenvalue weighted by Crippen LogP contribution is 2.13. The number of benzene rings is 1. The Hall–Kier alpha value is -1.88. The van der Waals surface area contributed by atoms with Crippen molar-refractivity contribution in [2.45, 2.75) is 18.0 Å². The molecule has 0 aliphatic carbocycles. The Morgan fingerprint density at radius 3 is 2.71 bits per heavy atom. The summed E-state index contributed by atoms with van der Waals surface area (Å²) in [5.41, 5.74) is 0.997. The van der Waals surface area contributed by atoms with Crippen LogP contribution in [-0.2, 0) is 16.0 Å². The number of methoxy groups -OCH3 is 2. The van der Waals surface area contributed by atoms with Gasteiger partial charge in [-0.25, -0.2) is 4.68 Å². The van der Waals surface area contributed by atoms with Crippen LogP contribution >= 0.6 is 11.8 Å². The zero-order chi connectivity index (χ0) is 14.9. The standard InChI is InChI=1S/C14H16N4O2S/c1-19-13(20-2)11-18-14(15-16-17-18)21-10-6-9-12-7-4-3-5-8-12/h3-5,7-8,13H,10-11H2,1-2H3. The molecule has 0 saturated carbocycles. The molecule has 1 aromatic heterocycles. The summed E-state index contributed by atoms with van der Waals surface area (Å²) in [5.74, 6) is 6.79. The van der Waals surface area contributed by atoms with Gasteiger partial charge in [-0.3, -0.25) is 0 Å². The van der Waals surface area contributed by atoms with Gasteiger partial charge < -0.3 is 9.47 Å². The van der Waals surface area contributed by atoms with E-state index in [2.05, 4.69) is 27.4 Å². The maximum Gasteiger partial charge on any atom is 0.210 e. The van der Waals surface area contributed by atoms with E-state index >= 15 is 0 Å². The third-order valence-electron chi connectivity index (χ3n) is 2.63. The van der Waals surface area contributed by atoms with Gasteiger partial charge in [-0.15, -0.1) is 5.10 Å². The maximum absolute atomic E-state index is 5.14. The average molecular weight is 304 g/mol. The summed E-state index contributed by atoms with van der Waals surface area (Å²) >= 11 is 1.48. The molecule has 21 heavy (non-hydrogen) atoms. The van der Waals surface area contributed by atoms with Crippen molar-refractivity contribution < 1.29 is 9.47 Å². The first-order valence-corrected chi connectivity index (χ1v) is 7.30. The number of nitrogens with zero attached hydrogens (tertiary/aromatic N) is 4. The lowest BCUT2D eigenvalue weighted by Crippen LogP contribution is -2.21. The summed E-state index contributed by atoms with van der Waals surface area (Å²) in [6.45, 7) is 0.439. The maximum atomic E-state index is 5.14. The summed E-state index contributed by atoms with van der Waals surface area (Å²) in [6, 6.07) is 9.85. The highest BCUT2D eigenvalue weighted by atomic mass is 32.2. The molecule has 0 aliphatic heterocycles. The molecule has 1 heterocycles. The molecule has 1 aromatic carbocycles. The summed E-state index contributed by atoms with van der Waals surface area (Å²) in [7, 11) is 3.16. The van der Waals surface area contributed by atoms with Crippen molar-refractivity contribution in [1.29, 1.82) is 0 Å². The number of ether oxygens (including phenoxy) is 2. The predicted molar refractivity (Wildman–Crippen MR) is 79.7 cm³/mol. The van der Waals surface area contributed by atoms with Gasteiger partial charge in [0.2, 0.25) is 5.16 Å². The number of thioether (sulfide) groups is 1. The van der Waals surface area contributed by atoms with E-state index in [1.165, 1.54) is 11.8 Å². The van der Waals surface area contributed by atoms with E-state index in [1.807, 2.05) is 30.3 Å². The molecule has 7 heteroatoms. The summed E-state index contributed by atoms with van der Waals surface area (Å²) < 4.78 is 11.9. The van der Waals surface area contributed by atoms with Crippen molar-refractivity contribution in [2.24, 2.45) is 0 Å². The smallest absolute Gasteiger partial charge is 0.210 e. The van der Waals surface area contributed by atoms with Crippen LogP contribution in [0.3, 0.4) is 0 Å². The molecule has 0 fully saturated rings. The second-order valence-electron chi connectivity index (χ2n) is 4.00. The second-order valence-corrected chi connectivity index (χ2v) is 4.94. The molecular weight excluding hydrogens is 288 g/mol. The number of hydrogen-bond acceptors (Lipinski definition) is 6. The summed E-state index contributed by atoms with van der Waals surface area (Å²) in [5, 5.41) is 12.2. The lowest BCUT2D eigenvalue weighted by Gasteiger charge is -2.12.